The molecule has 2 rings (SSSR count). The summed E-state index contributed by atoms with van der Waals surface area (Å²) in [6.45, 7) is 3.07. The van der Waals surface area contributed by atoms with Crippen molar-refractivity contribution in [3.8, 4) is 0 Å². The third-order valence-corrected chi connectivity index (χ3v) is 5.11. The van der Waals surface area contributed by atoms with Gasteiger partial charge in [0, 0.05) is 19.1 Å². The third kappa shape index (κ3) is 3.46. The van der Waals surface area contributed by atoms with Crippen LogP contribution >= 0.6 is 0 Å². The molecule has 0 spiro atoms. The van der Waals surface area contributed by atoms with Gasteiger partial charge >= 0.3 is 0 Å². The molecule has 0 bridgehead atoms. The van der Waals surface area contributed by atoms with E-state index in [1.807, 2.05) is 0 Å². The predicted molar refractivity (Wildman–Crippen MR) is 75.5 cm³/mol. The average molecular weight is 254 g/mol. The predicted octanol–water partition coefficient (Wildman–Crippen LogP) is 2.13. The van der Waals surface area contributed by atoms with Gasteiger partial charge in [0.1, 0.15) is 0 Å². The van der Waals surface area contributed by atoms with Crippen molar-refractivity contribution < 1.29 is 5.11 Å². The Morgan fingerprint density at radius 2 is 1.72 bits per heavy atom. The second-order valence-electron chi connectivity index (χ2n) is 6.40. The summed E-state index contributed by atoms with van der Waals surface area (Å²) in [6.07, 6.45) is 12.0. The van der Waals surface area contributed by atoms with E-state index in [1.54, 1.807) is 0 Å². The zero-order chi connectivity index (χ0) is 12.8. The molecule has 0 heterocycles. The van der Waals surface area contributed by atoms with Crippen LogP contribution in [0, 0.1) is 5.41 Å². The Labute approximate surface area is 112 Å². The number of rotatable bonds is 6. The van der Waals surface area contributed by atoms with Crippen molar-refractivity contribution >= 4 is 0 Å². The average Bonchev–Trinajstić information content (AvgIpc) is 2.93. The lowest BCUT2D eigenvalue weighted by Gasteiger charge is -2.42. The van der Waals surface area contributed by atoms with Gasteiger partial charge in [-0.05, 0) is 37.6 Å². The second kappa shape index (κ2) is 6.88. The molecule has 0 aromatic heterocycles. The Morgan fingerprint density at radius 1 is 1.06 bits per heavy atom. The quantitative estimate of drug-likeness (QED) is 0.763. The molecular formula is C15H30N2O. The zero-order valence-corrected chi connectivity index (χ0v) is 11.7. The molecule has 3 N–H and O–H groups in total. The van der Waals surface area contributed by atoms with Crippen LogP contribution in [0.15, 0.2) is 0 Å². The molecule has 0 aromatic carbocycles. The van der Waals surface area contributed by atoms with Crippen molar-refractivity contribution in [2.45, 2.75) is 63.8 Å². The number of aliphatic hydroxyl groups excluding tert-OH is 1. The summed E-state index contributed by atoms with van der Waals surface area (Å²) in [5.74, 6) is 0. The minimum absolute atomic E-state index is 0.289. The maximum Gasteiger partial charge on any atom is 0.0558 e. The highest BCUT2D eigenvalue weighted by Crippen LogP contribution is 2.37. The minimum Gasteiger partial charge on any atom is -0.395 e. The summed E-state index contributed by atoms with van der Waals surface area (Å²) < 4.78 is 0. The Hall–Kier alpha value is -0.120. The molecule has 3 heteroatoms. The van der Waals surface area contributed by atoms with Crippen molar-refractivity contribution in [2.24, 2.45) is 11.1 Å². The number of hydrogen-bond donors (Lipinski definition) is 2. The Balaban J connectivity index is 1.96. The Bertz CT molecular complexity index is 233. The molecule has 0 atom stereocenters. The summed E-state index contributed by atoms with van der Waals surface area (Å²) in [6, 6.07) is 0.711. The Morgan fingerprint density at radius 3 is 2.28 bits per heavy atom. The lowest BCUT2D eigenvalue weighted by Crippen LogP contribution is -2.48. The summed E-state index contributed by atoms with van der Waals surface area (Å²) in [4.78, 5) is 2.55. The molecule has 3 nitrogen and oxygen atoms in total. The van der Waals surface area contributed by atoms with E-state index in [1.165, 1.54) is 57.8 Å². The molecule has 0 aliphatic heterocycles. The molecule has 0 saturated heterocycles. The van der Waals surface area contributed by atoms with Gasteiger partial charge in [0.15, 0.2) is 0 Å². The number of hydrogen-bond acceptors (Lipinski definition) is 3. The van der Waals surface area contributed by atoms with Crippen LogP contribution in [0.5, 0.6) is 0 Å². The van der Waals surface area contributed by atoms with Gasteiger partial charge in [-0.3, -0.25) is 4.90 Å². The van der Waals surface area contributed by atoms with Crippen LogP contribution in [0.25, 0.3) is 0 Å². The summed E-state index contributed by atoms with van der Waals surface area (Å²) in [5.41, 5.74) is 6.44. The lowest BCUT2D eigenvalue weighted by molar-refractivity contribution is 0.0679. The van der Waals surface area contributed by atoms with E-state index in [9.17, 15) is 5.11 Å². The monoisotopic (exact) mass is 254 g/mol. The van der Waals surface area contributed by atoms with E-state index in [4.69, 9.17) is 5.73 Å². The van der Waals surface area contributed by atoms with E-state index in [0.717, 1.165) is 19.6 Å². The van der Waals surface area contributed by atoms with Gasteiger partial charge in [-0.1, -0.05) is 32.1 Å². The molecule has 0 unspecified atom stereocenters. The van der Waals surface area contributed by atoms with Crippen molar-refractivity contribution in [1.82, 2.24) is 4.90 Å². The van der Waals surface area contributed by atoms with Crippen molar-refractivity contribution in [3.63, 3.8) is 0 Å². The largest absolute Gasteiger partial charge is 0.395 e. The first-order valence-corrected chi connectivity index (χ1v) is 7.85. The molecule has 2 fully saturated rings. The van der Waals surface area contributed by atoms with Crippen molar-refractivity contribution in [2.75, 3.05) is 26.2 Å². The molecule has 18 heavy (non-hydrogen) atoms. The fraction of sp³-hybridized carbons (Fsp3) is 1.00. The van der Waals surface area contributed by atoms with Crippen molar-refractivity contribution in [1.29, 1.82) is 0 Å². The normalized spacial score (nSPS) is 24.8. The third-order valence-electron chi connectivity index (χ3n) is 5.11. The molecular weight excluding hydrogens is 224 g/mol. The smallest absolute Gasteiger partial charge is 0.0558 e. The van der Waals surface area contributed by atoms with Crippen molar-refractivity contribution in [3.05, 3.63) is 0 Å². The lowest BCUT2D eigenvalue weighted by atomic mass is 9.73. The minimum atomic E-state index is 0.289. The summed E-state index contributed by atoms with van der Waals surface area (Å²) in [7, 11) is 0. The molecule has 2 aliphatic carbocycles. The molecule has 106 valence electrons. The van der Waals surface area contributed by atoms with Crippen LogP contribution in [0.2, 0.25) is 0 Å². The molecule has 0 radical (unpaired) electrons. The maximum absolute atomic E-state index is 9.31. The zero-order valence-electron chi connectivity index (χ0n) is 11.7. The molecule has 2 aliphatic rings. The first kappa shape index (κ1) is 14.3. The van der Waals surface area contributed by atoms with E-state index in [-0.39, 0.29) is 6.61 Å². The fourth-order valence-corrected chi connectivity index (χ4v) is 3.95. The highest BCUT2D eigenvalue weighted by atomic mass is 16.3. The first-order valence-electron chi connectivity index (χ1n) is 7.85. The molecule has 0 amide bonds. The van der Waals surface area contributed by atoms with E-state index < -0.39 is 0 Å². The topological polar surface area (TPSA) is 49.5 Å². The number of aliphatic hydroxyl groups is 1. The SMILES string of the molecule is NCC1(CN(CCO)C2CCCC2)CCCCC1. The van der Waals surface area contributed by atoms with Crippen LogP contribution in [0.1, 0.15) is 57.8 Å². The van der Waals surface area contributed by atoms with Gasteiger partial charge in [0.25, 0.3) is 0 Å². The van der Waals surface area contributed by atoms with E-state index in [0.29, 0.717) is 11.5 Å². The van der Waals surface area contributed by atoms with E-state index in [2.05, 4.69) is 4.90 Å². The van der Waals surface area contributed by atoms with Gasteiger partial charge in [0.05, 0.1) is 6.61 Å². The molecule has 0 aromatic rings. The van der Waals surface area contributed by atoms with Crippen LogP contribution < -0.4 is 5.73 Å². The highest BCUT2D eigenvalue weighted by molar-refractivity contribution is 4.89. The maximum atomic E-state index is 9.31. The van der Waals surface area contributed by atoms with Crippen LogP contribution in [0.4, 0.5) is 0 Å². The highest BCUT2D eigenvalue weighted by Gasteiger charge is 2.35. The van der Waals surface area contributed by atoms with Gasteiger partial charge < -0.3 is 10.8 Å². The van der Waals surface area contributed by atoms with Gasteiger partial charge in [-0.2, -0.15) is 0 Å². The van der Waals surface area contributed by atoms with Gasteiger partial charge in [-0.15, -0.1) is 0 Å². The standard InChI is InChI=1S/C15H30N2O/c16-12-15(8-4-1-5-9-15)13-17(10-11-18)14-6-2-3-7-14/h14,18H,1-13,16H2. The number of nitrogens with zero attached hydrogens (tertiary/aromatic N) is 1. The Kier molecular flexibility index (Phi) is 5.46. The molecule has 2 saturated carbocycles. The van der Waals surface area contributed by atoms with Crippen LogP contribution in [-0.4, -0.2) is 42.3 Å². The van der Waals surface area contributed by atoms with Crippen LogP contribution in [-0.2, 0) is 0 Å². The van der Waals surface area contributed by atoms with E-state index >= 15 is 0 Å². The summed E-state index contributed by atoms with van der Waals surface area (Å²) >= 11 is 0. The van der Waals surface area contributed by atoms with Crippen LogP contribution in [0.3, 0.4) is 0 Å². The number of nitrogens with two attached hydrogens (primary N) is 1. The first-order chi connectivity index (χ1) is 8.79. The van der Waals surface area contributed by atoms with Gasteiger partial charge in [0.2, 0.25) is 0 Å². The fourth-order valence-electron chi connectivity index (χ4n) is 3.95. The van der Waals surface area contributed by atoms with Gasteiger partial charge in [-0.25, -0.2) is 0 Å². The second-order valence-corrected chi connectivity index (χ2v) is 6.40. The summed E-state index contributed by atoms with van der Waals surface area (Å²) in [5, 5.41) is 9.31.